The summed E-state index contributed by atoms with van der Waals surface area (Å²) in [5, 5.41) is 2.62. The third-order valence-corrected chi connectivity index (χ3v) is 4.51. The van der Waals surface area contributed by atoms with Crippen LogP contribution in [-0.2, 0) is 11.3 Å². The molecular formula is C20H30N3O2+. The van der Waals surface area contributed by atoms with E-state index in [4.69, 9.17) is 0 Å². The van der Waals surface area contributed by atoms with E-state index in [-0.39, 0.29) is 11.8 Å². The van der Waals surface area contributed by atoms with E-state index in [0.29, 0.717) is 12.1 Å². The second kappa shape index (κ2) is 9.37. The number of hydrogen-bond acceptors (Lipinski definition) is 2. The van der Waals surface area contributed by atoms with Gasteiger partial charge in [-0.15, -0.1) is 0 Å². The number of benzene rings is 1. The third-order valence-electron chi connectivity index (χ3n) is 4.51. The quantitative estimate of drug-likeness (QED) is 0.748. The first-order valence-electron chi connectivity index (χ1n) is 9.16. The van der Waals surface area contributed by atoms with E-state index in [1.54, 1.807) is 7.05 Å². The molecule has 1 aliphatic rings. The zero-order valence-corrected chi connectivity index (χ0v) is 15.6. The fourth-order valence-corrected chi connectivity index (χ4v) is 3.23. The number of amides is 2. The summed E-state index contributed by atoms with van der Waals surface area (Å²) >= 11 is 0. The molecule has 0 saturated heterocycles. The predicted molar refractivity (Wildman–Crippen MR) is 99.2 cm³/mol. The van der Waals surface area contributed by atoms with E-state index in [1.165, 1.54) is 5.70 Å². The monoisotopic (exact) mass is 344 g/mol. The second-order valence-corrected chi connectivity index (χ2v) is 6.72. The van der Waals surface area contributed by atoms with Gasteiger partial charge in [0.25, 0.3) is 11.8 Å². The molecule has 0 bridgehead atoms. The van der Waals surface area contributed by atoms with E-state index in [9.17, 15) is 9.59 Å². The molecule has 0 saturated carbocycles. The van der Waals surface area contributed by atoms with Crippen LogP contribution in [0.25, 0.3) is 0 Å². The van der Waals surface area contributed by atoms with Crippen molar-refractivity contribution in [1.82, 2.24) is 10.2 Å². The molecular weight excluding hydrogens is 314 g/mol. The molecule has 2 amide bonds. The van der Waals surface area contributed by atoms with Gasteiger partial charge in [0.05, 0.1) is 7.05 Å². The van der Waals surface area contributed by atoms with Gasteiger partial charge in [0, 0.05) is 30.4 Å². The molecule has 1 aromatic rings. The first-order valence-corrected chi connectivity index (χ1v) is 9.16. The van der Waals surface area contributed by atoms with Gasteiger partial charge in [0.1, 0.15) is 6.54 Å². The SMILES string of the molecule is CCCN(C(=O)C[NH+](C)Cc1ccc(C(=O)NC)cc1)C1=CCCC1. The van der Waals surface area contributed by atoms with Gasteiger partial charge in [-0.3, -0.25) is 9.59 Å². The van der Waals surface area contributed by atoms with Crippen molar-refractivity contribution in [2.24, 2.45) is 0 Å². The molecule has 25 heavy (non-hydrogen) atoms. The number of carbonyl (C=O) groups is 2. The van der Waals surface area contributed by atoms with E-state index >= 15 is 0 Å². The first-order chi connectivity index (χ1) is 12.0. The Hall–Kier alpha value is -2.14. The minimum absolute atomic E-state index is 0.0810. The average molecular weight is 344 g/mol. The Kier molecular flexibility index (Phi) is 7.19. The lowest BCUT2D eigenvalue weighted by Crippen LogP contribution is -3.08. The smallest absolute Gasteiger partial charge is 0.281 e. The van der Waals surface area contributed by atoms with Crippen molar-refractivity contribution in [2.75, 3.05) is 27.2 Å². The Labute approximate surface area is 150 Å². The lowest BCUT2D eigenvalue weighted by molar-refractivity contribution is -0.885. The molecule has 0 fully saturated rings. The number of hydrogen-bond donors (Lipinski definition) is 2. The fraction of sp³-hybridized carbons (Fsp3) is 0.500. The highest BCUT2D eigenvalue weighted by molar-refractivity contribution is 5.93. The standard InChI is InChI=1S/C20H29N3O2/c1-4-13-23(18-7-5-6-8-18)19(24)15-22(3)14-16-9-11-17(12-10-16)20(25)21-2/h7,9-12H,4-6,8,13-15H2,1-3H3,(H,21,25)/p+1. The van der Waals surface area contributed by atoms with E-state index in [0.717, 1.165) is 49.2 Å². The van der Waals surface area contributed by atoms with Crippen LogP contribution in [0.3, 0.4) is 0 Å². The number of likely N-dealkylation sites (N-methyl/N-ethyl adjacent to an activating group) is 1. The second-order valence-electron chi connectivity index (χ2n) is 6.72. The van der Waals surface area contributed by atoms with Gasteiger partial charge in [-0.2, -0.15) is 0 Å². The Morgan fingerprint density at radius 2 is 1.96 bits per heavy atom. The average Bonchev–Trinajstić information content (AvgIpc) is 3.13. The van der Waals surface area contributed by atoms with Gasteiger partial charge in [-0.25, -0.2) is 0 Å². The topological polar surface area (TPSA) is 53.9 Å². The van der Waals surface area contributed by atoms with Crippen LogP contribution in [0.5, 0.6) is 0 Å². The van der Waals surface area contributed by atoms with Crippen LogP contribution in [0.1, 0.15) is 48.5 Å². The summed E-state index contributed by atoms with van der Waals surface area (Å²) in [6.07, 6.45) is 6.45. The summed E-state index contributed by atoms with van der Waals surface area (Å²) in [5.41, 5.74) is 2.98. The Morgan fingerprint density at radius 3 is 2.52 bits per heavy atom. The molecule has 0 heterocycles. The van der Waals surface area contributed by atoms with Crippen molar-refractivity contribution in [1.29, 1.82) is 0 Å². The summed E-state index contributed by atoms with van der Waals surface area (Å²) in [4.78, 5) is 27.4. The van der Waals surface area contributed by atoms with Crippen molar-refractivity contribution in [2.45, 2.75) is 39.2 Å². The number of allylic oxidation sites excluding steroid dienone is 2. The van der Waals surface area contributed by atoms with Crippen LogP contribution in [-0.4, -0.2) is 43.9 Å². The molecule has 2 N–H and O–H groups in total. The molecule has 1 aromatic carbocycles. The van der Waals surface area contributed by atoms with Gasteiger partial charge < -0.3 is 15.1 Å². The zero-order valence-electron chi connectivity index (χ0n) is 15.6. The van der Waals surface area contributed by atoms with Gasteiger partial charge in [0.15, 0.2) is 6.54 Å². The molecule has 5 nitrogen and oxygen atoms in total. The summed E-state index contributed by atoms with van der Waals surface area (Å²) in [7, 11) is 3.67. The van der Waals surface area contributed by atoms with Gasteiger partial charge in [-0.1, -0.05) is 25.1 Å². The zero-order chi connectivity index (χ0) is 18.2. The molecule has 0 aliphatic heterocycles. The molecule has 1 unspecified atom stereocenters. The lowest BCUT2D eigenvalue weighted by Gasteiger charge is -2.25. The van der Waals surface area contributed by atoms with Crippen molar-refractivity contribution in [3.8, 4) is 0 Å². The fourth-order valence-electron chi connectivity index (χ4n) is 3.23. The normalized spacial score (nSPS) is 14.8. The number of rotatable bonds is 8. The molecule has 1 aliphatic carbocycles. The number of nitrogens with zero attached hydrogens (tertiary/aromatic N) is 1. The van der Waals surface area contributed by atoms with Crippen molar-refractivity contribution in [3.05, 3.63) is 47.2 Å². The Balaban J connectivity index is 1.92. The maximum absolute atomic E-state index is 12.7. The molecule has 0 spiro atoms. The van der Waals surface area contributed by atoms with Crippen molar-refractivity contribution < 1.29 is 14.5 Å². The number of quaternary nitrogens is 1. The minimum Gasteiger partial charge on any atom is -0.355 e. The van der Waals surface area contributed by atoms with E-state index in [2.05, 4.69) is 18.3 Å². The molecule has 5 heteroatoms. The molecule has 0 aromatic heterocycles. The summed E-state index contributed by atoms with van der Waals surface area (Å²) < 4.78 is 0. The van der Waals surface area contributed by atoms with Gasteiger partial charge in [0.2, 0.25) is 0 Å². The summed E-state index contributed by atoms with van der Waals surface area (Å²) in [6, 6.07) is 7.58. The van der Waals surface area contributed by atoms with Crippen LogP contribution in [0, 0.1) is 0 Å². The molecule has 0 radical (unpaired) electrons. The van der Waals surface area contributed by atoms with Crippen LogP contribution in [0.4, 0.5) is 0 Å². The van der Waals surface area contributed by atoms with Gasteiger partial charge in [-0.05, 0) is 37.8 Å². The summed E-state index contributed by atoms with van der Waals surface area (Å²) in [6.45, 7) is 4.16. The maximum atomic E-state index is 12.7. The highest BCUT2D eigenvalue weighted by Crippen LogP contribution is 2.21. The largest absolute Gasteiger partial charge is 0.355 e. The van der Waals surface area contributed by atoms with Crippen molar-refractivity contribution in [3.63, 3.8) is 0 Å². The summed E-state index contributed by atoms with van der Waals surface area (Å²) in [5.74, 6) is 0.122. The highest BCUT2D eigenvalue weighted by atomic mass is 16.2. The Morgan fingerprint density at radius 1 is 1.24 bits per heavy atom. The van der Waals surface area contributed by atoms with Crippen LogP contribution >= 0.6 is 0 Å². The maximum Gasteiger partial charge on any atom is 0.281 e. The molecule has 136 valence electrons. The number of nitrogens with one attached hydrogen (secondary N) is 2. The van der Waals surface area contributed by atoms with E-state index < -0.39 is 0 Å². The first kappa shape index (κ1) is 19.2. The predicted octanol–water partition coefficient (Wildman–Crippen LogP) is 1.37. The van der Waals surface area contributed by atoms with Crippen molar-refractivity contribution >= 4 is 11.8 Å². The van der Waals surface area contributed by atoms with Crippen LogP contribution in [0.15, 0.2) is 36.0 Å². The Bertz CT molecular complexity index is 622. The third kappa shape index (κ3) is 5.43. The van der Waals surface area contributed by atoms with Crippen LogP contribution < -0.4 is 10.2 Å². The van der Waals surface area contributed by atoms with Crippen LogP contribution in [0.2, 0.25) is 0 Å². The minimum atomic E-state index is -0.0810. The van der Waals surface area contributed by atoms with Gasteiger partial charge >= 0.3 is 0 Å². The lowest BCUT2D eigenvalue weighted by atomic mass is 10.1. The molecule has 1 atom stereocenters. The highest BCUT2D eigenvalue weighted by Gasteiger charge is 2.22. The number of carbonyl (C=O) groups excluding carboxylic acids is 2. The molecule has 2 rings (SSSR count). The van der Waals surface area contributed by atoms with E-state index in [1.807, 2.05) is 36.2 Å².